The van der Waals surface area contributed by atoms with Crippen LogP contribution in [0.15, 0.2) is 54.1 Å². The van der Waals surface area contributed by atoms with Crippen LogP contribution in [0, 0.1) is 0 Å². The number of nitrogens with zero attached hydrogens (tertiary/aromatic N) is 1. The van der Waals surface area contributed by atoms with Crippen LogP contribution in [0.3, 0.4) is 0 Å². The quantitative estimate of drug-likeness (QED) is 0.429. The largest absolute Gasteiger partial charge is 0.507 e. The summed E-state index contributed by atoms with van der Waals surface area (Å²) in [6.07, 6.45) is 0. The van der Waals surface area contributed by atoms with Gasteiger partial charge in [0.2, 0.25) is 0 Å². The number of rotatable bonds is 6. The van der Waals surface area contributed by atoms with Gasteiger partial charge in [0.25, 0.3) is 11.7 Å². The fraction of sp³-hybridized carbons (Fsp3) is 0.273. The van der Waals surface area contributed by atoms with E-state index in [0.717, 1.165) is 4.90 Å². The van der Waals surface area contributed by atoms with E-state index < -0.39 is 17.7 Å². The molecule has 29 heavy (non-hydrogen) atoms. The summed E-state index contributed by atoms with van der Waals surface area (Å²) in [4.78, 5) is 28.4. The molecule has 0 saturated carbocycles. The molecular formula is C22H24ClN2O4+. The highest BCUT2D eigenvalue weighted by molar-refractivity contribution is 6.46. The number of nitrogens with one attached hydrogen (secondary N) is 1. The van der Waals surface area contributed by atoms with Crippen LogP contribution in [0.2, 0.25) is 5.02 Å². The minimum atomic E-state index is -0.695. The molecule has 152 valence electrons. The lowest BCUT2D eigenvalue weighted by molar-refractivity contribution is -0.857. The summed E-state index contributed by atoms with van der Waals surface area (Å²) in [6.45, 7) is 1.04. The van der Waals surface area contributed by atoms with Crippen LogP contribution in [0.5, 0.6) is 5.75 Å². The van der Waals surface area contributed by atoms with Gasteiger partial charge in [0, 0.05) is 10.6 Å². The first kappa shape index (κ1) is 20.9. The molecule has 2 N–H and O–H groups in total. The molecule has 6 nitrogen and oxygen atoms in total. The highest BCUT2D eigenvalue weighted by Gasteiger charge is 2.46. The average molecular weight is 416 g/mol. The second kappa shape index (κ2) is 8.68. The van der Waals surface area contributed by atoms with Crippen LogP contribution in [-0.4, -0.2) is 56.0 Å². The molecule has 2 aromatic carbocycles. The number of hydrogen-bond acceptors (Lipinski definition) is 4. The summed E-state index contributed by atoms with van der Waals surface area (Å²) < 4.78 is 5.31. The van der Waals surface area contributed by atoms with Crippen molar-refractivity contribution in [1.82, 2.24) is 4.90 Å². The van der Waals surface area contributed by atoms with E-state index in [0.29, 0.717) is 35.0 Å². The van der Waals surface area contributed by atoms with Crippen LogP contribution in [0.25, 0.3) is 5.76 Å². The van der Waals surface area contributed by atoms with E-state index in [1.165, 1.54) is 4.90 Å². The maximum absolute atomic E-state index is 12.9. The second-order valence-corrected chi connectivity index (χ2v) is 7.67. The predicted octanol–water partition coefficient (Wildman–Crippen LogP) is 1.91. The van der Waals surface area contributed by atoms with Crippen LogP contribution in [-0.2, 0) is 9.59 Å². The highest BCUT2D eigenvalue weighted by atomic mass is 35.5. The first-order valence-electron chi connectivity index (χ1n) is 9.30. The van der Waals surface area contributed by atoms with E-state index in [4.69, 9.17) is 16.3 Å². The average Bonchev–Trinajstić information content (AvgIpc) is 2.97. The van der Waals surface area contributed by atoms with Crippen molar-refractivity contribution in [3.63, 3.8) is 0 Å². The molecule has 1 atom stereocenters. The van der Waals surface area contributed by atoms with Gasteiger partial charge in [0.05, 0.1) is 45.9 Å². The first-order chi connectivity index (χ1) is 13.8. The van der Waals surface area contributed by atoms with Gasteiger partial charge in [-0.1, -0.05) is 23.7 Å². The predicted molar refractivity (Wildman–Crippen MR) is 111 cm³/mol. The number of ether oxygens (including phenoxy) is 1. The first-order valence-corrected chi connectivity index (χ1v) is 9.68. The zero-order valence-corrected chi connectivity index (χ0v) is 17.4. The number of halogens is 1. The summed E-state index contributed by atoms with van der Waals surface area (Å²) in [6, 6.07) is 13.0. The minimum Gasteiger partial charge on any atom is -0.507 e. The summed E-state index contributed by atoms with van der Waals surface area (Å²) in [5.74, 6) is -0.918. The highest BCUT2D eigenvalue weighted by Crippen LogP contribution is 2.40. The van der Waals surface area contributed by atoms with Crippen molar-refractivity contribution < 1.29 is 24.3 Å². The molecule has 0 spiro atoms. The number of aliphatic hydroxyl groups is 1. The maximum atomic E-state index is 12.9. The van der Waals surface area contributed by atoms with Crippen LogP contribution >= 0.6 is 11.6 Å². The Kier molecular flexibility index (Phi) is 6.25. The van der Waals surface area contributed by atoms with Crippen molar-refractivity contribution in [2.45, 2.75) is 6.04 Å². The number of Topliss-reactive ketones (excluding diaryl/α,β-unsaturated/α-hetero) is 1. The third kappa shape index (κ3) is 4.28. The molecule has 1 aliphatic rings. The lowest BCUT2D eigenvalue weighted by Gasteiger charge is -2.26. The van der Waals surface area contributed by atoms with Gasteiger partial charge in [-0.05, 0) is 42.0 Å². The normalized spacial score (nSPS) is 18.5. The standard InChI is InChI=1S/C22H23ClN2O4/c1-24(2)11-12-25-19(15-5-4-6-17(13-15)29-3)18(21(27)22(25)28)20(26)14-7-9-16(23)10-8-14/h4-10,13,19,26H,11-12H2,1-3H3/p+1/t19-/m1/s1. The fourth-order valence-corrected chi connectivity index (χ4v) is 3.50. The molecule has 0 aliphatic carbocycles. The van der Waals surface area contributed by atoms with Crippen LogP contribution < -0.4 is 9.64 Å². The van der Waals surface area contributed by atoms with E-state index in [1.54, 1.807) is 49.6 Å². The number of likely N-dealkylation sites (N-methyl/N-ethyl adjacent to an activating group) is 1. The molecule has 0 aromatic heterocycles. The molecule has 0 bridgehead atoms. The Bertz CT molecular complexity index is 954. The number of benzene rings is 2. The molecule has 1 fully saturated rings. The van der Waals surface area contributed by atoms with E-state index >= 15 is 0 Å². The molecule has 1 saturated heterocycles. The number of aliphatic hydroxyl groups excluding tert-OH is 1. The Morgan fingerprint density at radius 3 is 2.48 bits per heavy atom. The number of quaternary nitrogens is 1. The van der Waals surface area contributed by atoms with Crippen molar-refractivity contribution in [1.29, 1.82) is 0 Å². The van der Waals surface area contributed by atoms with Gasteiger partial charge in [-0.3, -0.25) is 9.59 Å². The van der Waals surface area contributed by atoms with Gasteiger partial charge in [0.1, 0.15) is 11.5 Å². The van der Waals surface area contributed by atoms with E-state index in [9.17, 15) is 14.7 Å². The monoisotopic (exact) mass is 415 g/mol. The Balaban J connectivity index is 2.15. The Hall–Kier alpha value is -2.83. The molecule has 7 heteroatoms. The number of hydrogen-bond donors (Lipinski definition) is 2. The second-order valence-electron chi connectivity index (χ2n) is 7.23. The van der Waals surface area contributed by atoms with Gasteiger partial charge in [0.15, 0.2) is 0 Å². The van der Waals surface area contributed by atoms with Crippen molar-refractivity contribution in [3.05, 3.63) is 70.3 Å². The molecule has 2 aromatic rings. The molecule has 1 heterocycles. The van der Waals surface area contributed by atoms with Crippen molar-refractivity contribution in [2.24, 2.45) is 0 Å². The Morgan fingerprint density at radius 1 is 1.17 bits per heavy atom. The maximum Gasteiger partial charge on any atom is 0.295 e. The molecular weight excluding hydrogens is 392 g/mol. The third-order valence-electron chi connectivity index (χ3n) is 4.92. The van der Waals surface area contributed by atoms with E-state index in [2.05, 4.69) is 0 Å². The van der Waals surface area contributed by atoms with Crippen LogP contribution in [0.4, 0.5) is 0 Å². The zero-order chi connectivity index (χ0) is 21.1. The van der Waals surface area contributed by atoms with Crippen molar-refractivity contribution in [3.8, 4) is 5.75 Å². The SMILES string of the molecule is COc1cccc([C@@H]2C(=C(O)c3ccc(Cl)cc3)C(=O)C(=O)N2CC[NH+](C)C)c1. The number of methoxy groups -OCH3 is 1. The van der Waals surface area contributed by atoms with Gasteiger partial charge >= 0.3 is 0 Å². The molecule has 1 aliphatic heterocycles. The van der Waals surface area contributed by atoms with Crippen molar-refractivity contribution in [2.75, 3.05) is 34.3 Å². The zero-order valence-electron chi connectivity index (χ0n) is 16.6. The topological polar surface area (TPSA) is 71.3 Å². The molecule has 0 unspecified atom stereocenters. The third-order valence-corrected chi connectivity index (χ3v) is 5.17. The summed E-state index contributed by atoms with van der Waals surface area (Å²) in [7, 11) is 5.51. The number of likely N-dealkylation sites (tertiary alicyclic amines) is 1. The minimum absolute atomic E-state index is 0.0688. The van der Waals surface area contributed by atoms with Gasteiger partial charge in [-0.15, -0.1) is 0 Å². The summed E-state index contributed by atoms with van der Waals surface area (Å²) in [5.41, 5.74) is 1.20. The molecule has 1 amide bonds. The van der Waals surface area contributed by atoms with Crippen molar-refractivity contribution >= 4 is 29.1 Å². The Labute approximate surface area is 174 Å². The molecule has 3 rings (SSSR count). The number of carbonyl (C=O) groups is 2. The van der Waals surface area contributed by atoms with Crippen LogP contribution in [0.1, 0.15) is 17.2 Å². The summed E-state index contributed by atoms with van der Waals surface area (Å²) >= 11 is 5.94. The number of carbonyl (C=O) groups excluding carboxylic acids is 2. The smallest absolute Gasteiger partial charge is 0.295 e. The number of ketones is 1. The fourth-order valence-electron chi connectivity index (χ4n) is 3.38. The molecule has 0 radical (unpaired) electrons. The van der Waals surface area contributed by atoms with Gasteiger partial charge in [-0.2, -0.15) is 0 Å². The Morgan fingerprint density at radius 2 is 1.86 bits per heavy atom. The van der Waals surface area contributed by atoms with E-state index in [-0.39, 0.29) is 11.3 Å². The van der Waals surface area contributed by atoms with Gasteiger partial charge in [-0.25, -0.2) is 0 Å². The number of amides is 1. The lowest BCUT2D eigenvalue weighted by atomic mass is 9.95. The van der Waals surface area contributed by atoms with E-state index in [1.807, 2.05) is 20.2 Å². The lowest BCUT2D eigenvalue weighted by Crippen LogP contribution is -3.06. The summed E-state index contributed by atoms with van der Waals surface area (Å²) in [5, 5.41) is 11.5. The van der Waals surface area contributed by atoms with Gasteiger partial charge < -0.3 is 19.6 Å².